The molecule has 0 spiro atoms. The van der Waals surface area contributed by atoms with Gasteiger partial charge < -0.3 is 9.88 Å². The highest BCUT2D eigenvalue weighted by atomic mass is 19.1. The maximum atomic E-state index is 13.6. The number of aromatic nitrogens is 4. The van der Waals surface area contributed by atoms with Crippen LogP contribution in [0.2, 0.25) is 0 Å². The molecular formula is C25H24FN5O. The number of carbonyl (C=O) groups excluding carboxylic acids is 1. The van der Waals surface area contributed by atoms with Crippen LogP contribution in [-0.4, -0.2) is 43.6 Å². The van der Waals surface area contributed by atoms with Gasteiger partial charge in [0.25, 0.3) is 5.91 Å². The molecule has 0 saturated carbocycles. The van der Waals surface area contributed by atoms with Gasteiger partial charge in [-0.15, -0.1) is 0 Å². The summed E-state index contributed by atoms with van der Waals surface area (Å²) < 4.78 is 15.2. The first-order chi connectivity index (χ1) is 15.7. The number of rotatable bonds is 3. The Morgan fingerprint density at radius 1 is 1.06 bits per heavy atom. The van der Waals surface area contributed by atoms with Crippen LogP contribution in [0.4, 0.5) is 4.39 Å². The van der Waals surface area contributed by atoms with Gasteiger partial charge in [-0.3, -0.25) is 4.79 Å². The van der Waals surface area contributed by atoms with E-state index in [9.17, 15) is 9.18 Å². The molecule has 7 heteroatoms. The zero-order valence-electron chi connectivity index (χ0n) is 17.7. The summed E-state index contributed by atoms with van der Waals surface area (Å²) in [4.78, 5) is 23.7. The van der Waals surface area contributed by atoms with Crippen molar-refractivity contribution in [3.63, 3.8) is 0 Å². The third kappa shape index (κ3) is 3.20. The number of nitrogens with one attached hydrogen (secondary N) is 1. The number of imidazole rings is 1. The summed E-state index contributed by atoms with van der Waals surface area (Å²) in [5, 5.41) is 4.72. The SMILES string of the molecule is O=C(c1nn(-c2ccc(F)cc2)c2c1CCC2)N1CCC[C@@H](c2nc3ccccc3[nH]2)C1. The van der Waals surface area contributed by atoms with E-state index in [1.54, 1.807) is 12.1 Å². The Labute approximate surface area is 185 Å². The lowest BCUT2D eigenvalue weighted by Gasteiger charge is -2.31. The lowest BCUT2D eigenvalue weighted by Crippen LogP contribution is -2.40. The molecule has 6 rings (SSSR count). The van der Waals surface area contributed by atoms with Crippen LogP contribution in [0.25, 0.3) is 16.7 Å². The number of para-hydroxylation sites is 2. The highest BCUT2D eigenvalue weighted by Crippen LogP contribution is 2.31. The van der Waals surface area contributed by atoms with Crippen LogP contribution in [0.1, 0.15) is 52.8 Å². The van der Waals surface area contributed by atoms with Gasteiger partial charge >= 0.3 is 0 Å². The van der Waals surface area contributed by atoms with Crippen molar-refractivity contribution < 1.29 is 9.18 Å². The fourth-order valence-electron chi connectivity index (χ4n) is 5.11. The fourth-order valence-corrected chi connectivity index (χ4v) is 5.11. The average Bonchev–Trinajstić information content (AvgIpc) is 3.54. The van der Waals surface area contributed by atoms with Gasteiger partial charge in [0.15, 0.2) is 5.69 Å². The zero-order valence-corrected chi connectivity index (χ0v) is 17.7. The number of hydrogen-bond acceptors (Lipinski definition) is 3. The predicted octanol–water partition coefficient (Wildman–Crippen LogP) is 4.40. The second-order valence-corrected chi connectivity index (χ2v) is 8.75. The van der Waals surface area contributed by atoms with Gasteiger partial charge in [-0.1, -0.05) is 12.1 Å². The van der Waals surface area contributed by atoms with Crippen LogP contribution in [-0.2, 0) is 12.8 Å². The molecule has 1 saturated heterocycles. The van der Waals surface area contributed by atoms with Gasteiger partial charge in [0.2, 0.25) is 0 Å². The first-order valence-electron chi connectivity index (χ1n) is 11.3. The lowest BCUT2D eigenvalue weighted by atomic mass is 9.97. The fraction of sp³-hybridized carbons (Fsp3) is 0.320. The molecule has 1 N–H and O–H groups in total. The van der Waals surface area contributed by atoms with Crippen molar-refractivity contribution in [1.82, 2.24) is 24.6 Å². The highest BCUT2D eigenvalue weighted by molar-refractivity contribution is 5.94. The first-order valence-corrected chi connectivity index (χ1v) is 11.3. The number of carbonyl (C=O) groups is 1. The summed E-state index contributed by atoms with van der Waals surface area (Å²) in [7, 11) is 0. The van der Waals surface area contributed by atoms with Crippen LogP contribution in [0.3, 0.4) is 0 Å². The smallest absolute Gasteiger partial charge is 0.274 e. The van der Waals surface area contributed by atoms with E-state index in [0.29, 0.717) is 12.2 Å². The largest absolute Gasteiger partial charge is 0.342 e. The number of halogens is 1. The maximum Gasteiger partial charge on any atom is 0.274 e. The summed E-state index contributed by atoms with van der Waals surface area (Å²) >= 11 is 0. The average molecular weight is 429 g/mol. The molecule has 0 bridgehead atoms. The van der Waals surface area contributed by atoms with E-state index in [-0.39, 0.29) is 17.6 Å². The lowest BCUT2D eigenvalue weighted by molar-refractivity contribution is 0.0697. The molecule has 1 aliphatic carbocycles. The standard InChI is InChI=1S/C25H24FN5O/c26-17-10-12-18(13-11-17)31-22-9-3-6-19(22)23(29-31)25(32)30-14-4-5-16(15-30)24-27-20-7-1-2-8-21(20)28-24/h1-2,7-8,10-13,16H,3-6,9,14-15H2,(H,27,28)/t16-/m1/s1. The number of nitrogens with zero attached hydrogens (tertiary/aromatic N) is 4. The topological polar surface area (TPSA) is 66.8 Å². The van der Waals surface area contributed by atoms with E-state index in [2.05, 4.69) is 4.98 Å². The van der Waals surface area contributed by atoms with Gasteiger partial charge in [-0.05, 0) is 68.5 Å². The first kappa shape index (κ1) is 19.2. The minimum absolute atomic E-state index is 0.00942. The molecule has 2 aromatic heterocycles. The third-order valence-corrected chi connectivity index (χ3v) is 6.71. The molecule has 3 heterocycles. The number of H-pyrrole nitrogens is 1. The van der Waals surface area contributed by atoms with E-state index in [4.69, 9.17) is 10.1 Å². The number of piperidine rings is 1. The molecule has 2 aromatic carbocycles. The molecule has 1 aliphatic heterocycles. The Morgan fingerprint density at radius 2 is 1.91 bits per heavy atom. The minimum Gasteiger partial charge on any atom is -0.342 e. The van der Waals surface area contributed by atoms with Gasteiger partial charge in [-0.25, -0.2) is 14.1 Å². The van der Waals surface area contributed by atoms with Crippen LogP contribution >= 0.6 is 0 Å². The van der Waals surface area contributed by atoms with Crippen LogP contribution < -0.4 is 0 Å². The van der Waals surface area contributed by atoms with Crippen LogP contribution in [0, 0.1) is 5.82 Å². The summed E-state index contributed by atoms with van der Waals surface area (Å²) in [5.41, 5.74) is 5.45. The highest BCUT2D eigenvalue weighted by Gasteiger charge is 2.33. The van der Waals surface area contributed by atoms with Gasteiger partial charge in [0, 0.05) is 30.3 Å². The van der Waals surface area contributed by atoms with Crippen molar-refractivity contribution in [2.75, 3.05) is 13.1 Å². The molecule has 0 radical (unpaired) electrons. The summed E-state index contributed by atoms with van der Waals surface area (Å²) in [6.07, 6.45) is 4.70. The number of fused-ring (bicyclic) bond motifs is 2. The monoisotopic (exact) mass is 429 g/mol. The molecular weight excluding hydrogens is 405 g/mol. The molecule has 1 amide bonds. The molecule has 162 valence electrons. The summed E-state index contributed by atoms with van der Waals surface area (Å²) in [6.45, 7) is 1.37. The molecule has 32 heavy (non-hydrogen) atoms. The van der Waals surface area contributed by atoms with Crippen molar-refractivity contribution in [3.05, 3.63) is 77.1 Å². The van der Waals surface area contributed by atoms with E-state index in [0.717, 1.165) is 72.5 Å². The van der Waals surface area contributed by atoms with E-state index >= 15 is 0 Å². The van der Waals surface area contributed by atoms with Crippen molar-refractivity contribution in [1.29, 1.82) is 0 Å². The number of likely N-dealkylation sites (tertiary alicyclic amines) is 1. The minimum atomic E-state index is -0.279. The predicted molar refractivity (Wildman–Crippen MR) is 120 cm³/mol. The van der Waals surface area contributed by atoms with Gasteiger partial charge in [-0.2, -0.15) is 5.10 Å². The van der Waals surface area contributed by atoms with E-state index in [1.165, 1.54) is 12.1 Å². The van der Waals surface area contributed by atoms with Crippen molar-refractivity contribution in [2.24, 2.45) is 0 Å². The van der Waals surface area contributed by atoms with Gasteiger partial charge in [0.1, 0.15) is 11.6 Å². The number of amides is 1. The quantitative estimate of drug-likeness (QED) is 0.525. The molecule has 1 fully saturated rings. The Bertz CT molecular complexity index is 1270. The molecule has 4 aromatic rings. The Kier molecular flexibility index (Phi) is 4.56. The summed E-state index contributed by atoms with van der Waals surface area (Å²) in [5.74, 6) is 0.849. The van der Waals surface area contributed by atoms with Gasteiger partial charge in [0.05, 0.1) is 16.7 Å². The van der Waals surface area contributed by atoms with E-state index < -0.39 is 0 Å². The van der Waals surface area contributed by atoms with Crippen LogP contribution in [0.5, 0.6) is 0 Å². The zero-order chi connectivity index (χ0) is 21.7. The Morgan fingerprint density at radius 3 is 2.75 bits per heavy atom. The molecule has 0 unspecified atom stereocenters. The number of aromatic amines is 1. The second-order valence-electron chi connectivity index (χ2n) is 8.75. The normalized spacial score (nSPS) is 18.3. The second kappa shape index (κ2) is 7.58. The van der Waals surface area contributed by atoms with Crippen molar-refractivity contribution >= 4 is 16.9 Å². The molecule has 1 atom stereocenters. The van der Waals surface area contributed by atoms with E-state index in [1.807, 2.05) is 33.8 Å². The number of benzene rings is 2. The summed E-state index contributed by atoms with van der Waals surface area (Å²) in [6, 6.07) is 14.3. The Balaban J connectivity index is 1.29. The van der Waals surface area contributed by atoms with Crippen LogP contribution in [0.15, 0.2) is 48.5 Å². The molecule has 2 aliphatic rings. The molecule has 6 nitrogen and oxygen atoms in total. The van der Waals surface area contributed by atoms with Crippen molar-refractivity contribution in [2.45, 2.75) is 38.0 Å². The maximum absolute atomic E-state index is 13.6. The third-order valence-electron chi connectivity index (χ3n) is 6.71. The number of hydrogen-bond donors (Lipinski definition) is 1. The van der Waals surface area contributed by atoms with Crippen molar-refractivity contribution in [3.8, 4) is 5.69 Å². The Hall–Kier alpha value is -3.48.